The molecule has 1 aromatic rings. The monoisotopic (exact) mass is 304 g/mol. The van der Waals surface area contributed by atoms with Crippen LogP contribution in [0.25, 0.3) is 0 Å². The molecule has 0 unspecified atom stereocenters. The highest BCUT2D eigenvalue weighted by atomic mass is 32.2. The summed E-state index contributed by atoms with van der Waals surface area (Å²) >= 11 is 1.61. The molecule has 0 radical (unpaired) electrons. The van der Waals surface area contributed by atoms with E-state index in [0.29, 0.717) is 13.0 Å². The number of aryl methyl sites for hydroxylation is 1. The fourth-order valence-electron chi connectivity index (χ4n) is 1.80. The molecular weight excluding hydrogens is 280 g/mol. The first-order chi connectivity index (χ1) is 9.09. The normalized spacial score (nSPS) is 11.9. The second-order valence-corrected chi connectivity index (χ2v) is 7.35. The van der Waals surface area contributed by atoms with Crippen LogP contribution in [0.4, 0.5) is 0 Å². The van der Waals surface area contributed by atoms with E-state index in [-0.39, 0.29) is 5.75 Å². The number of thiophene rings is 1. The molecule has 4 nitrogen and oxygen atoms in total. The Kier molecular flexibility index (Phi) is 7.60. The third-order valence-electron chi connectivity index (χ3n) is 2.94. The molecule has 0 aromatic carbocycles. The molecule has 0 amide bonds. The van der Waals surface area contributed by atoms with Crippen LogP contribution in [0.5, 0.6) is 0 Å². The van der Waals surface area contributed by atoms with Crippen molar-refractivity contribution in [2.45, 2.75) is 39.7 Å². The lowest BCUT2D eigenvalue weighted by Gasteiger charge is -2.07. The van der Waals surface area contributed by atoms with Gasteiger partial charge in [-0.15, -0.1) is 11.3 Å². The highest BCUT2D eigenvalue weighted by Crippen LogP contribution is 2.17. The summed E-state index contributed by atoms with van der Waals surface area (Å²) in [6.45, 7) is 6.38. The minimum Gasteiger partial charge on any atom is -0.317 e. The molecule has 19 heavy (non-hydrogen) atoms. The van der Waals surface area contributed by atoms with Crippen molar-refractivity contribution >= 4 is 21.4 Å². The van der Waals surface area contributed by atoms with Crippen LogP contribution < -0.4 is 10.0 Å². The number of hydrogen-bond donors (Lipinski definition) is 2. The molecule has 0 aliphatic carbocycles. The van der Waals surface area contributed by atoms with Gasteiger partial charge in [0.25, 0.3) is 0 Å². The zero-order chi connectivity index (χ0) is 14.1. The molecule has 0 bridgehead atoms. The molecule has 1 heterocycles. The molecule has 0 fully saturated rings. The molecule has 110 valence electrons. The van der Waals surface area contributed by atoms with Gasteiger partial charge < -0.3 is 5.32 Å². The van der Waals surface area contributed by atoms with Crippen LogP contribution in [0.3, 0.4) is 0 Å². The maximum Gasteiger partial charge on any atom is 0.211 e. The van der Waals surface area contributed by atoms with Crippen LogP contribution in [0.2, 0.25) is 0 Å². The van der Waals surface area contributed by atoms with Gasteiger partial charge in [0.05, 0.1) is 5.75 Å². The van der Waals surface area contributed by atoms with Gasteiger partial charge in [-0.3, -0.25) is 0 Å². The number of rotatable bonds is 10. The lowest BCUT2D eigenvalue weighted by Crippen LogP contribution is -2.26. The zero-order valence-corrected chi connectivity index (χ0v) is 13.4. The second kappa shape index (κ2) is 8.68. The number of unbranched alkanes of at least 4 members (excludes halogenated alkanes) is 1. The minimum atomic E-state index is -3.14. The van der Waals surface area contributed by atoms with Crippen LogP contribution in [0.1, 0.15) is 37.1 Å². The Morgan fingerprint density at radius 2 is 2.05 bits per heavy atom. The Morgan fingerprint density at radius 1 is 1.26 bits per heavy atom. The Bertz CT molecular complexity index is 455. The standard InChI is InChI=1S/C13H24N2O2S2/c1-3-12-7-9-18-13(12)11-15-19(16,17)10-6-5-8-14-4-2/h7,9,14-15H,3-6,8,10-11H2,1-2H3. The maximum absolute atomic E-state index is 11.8. The average molecular weight is 304 g/mol. The van der Waals surface area contributed by atoms with Crippen molar-refractivity contribution in [1.82, 2.24) is 10.0 Å². The molecule has 0 atom stereocenters. The van der Waals surface area contributed by atoms with E-state index in [1.165, 1.54) is 5.56 Å². The van der Waals surface area contributed by atoms with E-state index in [2.05, 4.69) is 23.0 Å². The summed E-state index contributed by atoms with van der Waals surface area (Å²) in [6.07, 6.45) is 2.55. The molecule has 6 heteroatoms. The van der Waals surface area contributed by atoms with Gasteiger partial charge in [0.2, 0.25) is 10.0 Å². The summed E-state index contributed by atoms with van der Waals surface area (Å²) in [7, 11) is -3.14. The van der Waals surface area contributed by atoms with Gasteiger partial charge >= 0.3 is 0 Å². The SMILES string of the molecule is CCNCCCCS(=O)(=O)NCc1sccc1CC. The van der Waals surface area contributed by atoms with Crippen molar-refractivity contribution in [3.63, 3.8) is 0 Å². The van der Waals surface area contributed by atoms with Gasteiger partial charge in [-0.2, -0.15) is 0 Å². The van der Waals surface area contributed by atoms with E-state index >= 15 is 0 Å². The molecular formula is C13H24N2O2S2. The van der Waals surface area contributed by atoms with Crippen molar-refractivity contribution in [2.24, 2.45) is 0 Å². The third-order valence-corrected chi connectivity index (χ3v) is 5.31. The summed E-state index contributed by atoms with van der Waals surface area (Å²) in [5, 5.41) is 5.20. The highest BCUT2D eigenvalue weighted by molar-refractivity contribution is 7.89. The van der Waals surface area contributed by atoms with Gasteiger partial charge in [-0.05, 0) is 49.4 Å². The summed E-state index contributed by atoms with van der Waals surface area (Å²) in [5.41, 5.74) is 1.24. The van der Waals surface area contributed by atoms with Crippen LogP contribution in [-0.4, -0.2) is 27.3 Å². The smallest absolute Gasteiger partial charge is 0.211 e. The minimum absolute atomic E-state index is 0.214. The molecule has 0 spiro atoms. The molecule has 2 N–H and O–H groups in total. The van der Waals surface area contributed by atoms with Crippen molar-refractivity contribution in [1.29, 1.82) is 0 Å². The first kappa shape index (κ1) is 16.6. The van der Waals surface area contributed by atoms with Gasteiger partial charge in [-0.1, -0.05) is 13.8 Å². The molecule has 0 aliphatic heterocycles. The van der Waals surface area contributed by atoms with Crippen LogP contribution in [-0.2, 0) is 23.0 Å². The first-order valence-electron chi connectivity index (χ1n) is 6.82. The summed E-state index contributed by atoms with van der Waals surface area (Å²) in [5.74, 6) is 0.214. The Hall–Kier alpha value is -0.430. The second-order valence-electron chi connectivity index (χ2n) is 4.42. The third kappa shape index (κ3) is 6.51. The Balaban J connectivity index is 2.30. The highest BCUT2D eigenvalue weighted by Gasteiger charge is 2.11. The van der Waals surface area contributed by atoms with E-state index in [4.69, 9.17) is 0 Å². The molecule has 1 rings (SSSR count). The maximum atomic E-state index is 11.8. The van der Waals surface area contributed by atoms with E-state index in [9.17, 15) is 8.42 Å². The quantitative estimate of drug-likeness (QED) is 0.651. The number of hydrogen-bond acceptors (Lipinski definition) is 4. The van der Waals surface area contributed by atoms with Crippen LogP contribution in [0, 0.1) is 0 Å². The predicted octanol–water partition coefficient (Wildman–Crippen LogP) is 2.12. The van der Waals surface area contributed by atoms with Gasteiger partial charge in [-0.25, -0.2) is 13.1 Å². The van der Waals surface area contributed by atoms with Crippen molar-refractivity contribution in [3.8, 4) is 0 Å². The van der Waals surface area contributed by atoms with Gasteiger partial charge in [0.15, 0.2) is 0 Å². The van der Waals surface area contributed by atoms with E-state index in [0.717, 1.165) is 30.8 Å². The topological polar surface area (TPSA) is 58.2 Å². The summed E-state index contributed by atoms with van der Waals surface area (Å²) < 4.78 is 26.4. The summed E-state index contributed by atoms with van der Waals surface area (Å²) in [4.78, 5) is 1.12. The molecule has 0 aliphatic rings. The fraction of sp³-hybridized carbons (Fsp3) is 0.692. The predicted molar refractivity (Wildman–Crippen MR) is 82.1 cm³/mol. The number of nitrogens with one attached hydrogen (secondary N) is 2. The van der Waals surface area contributed by atoms with Crippen LogP contribution in [0.15, 0.2) is 11.4 Å². The van der Waals surface area contributed by atoms with E-state index in [1.807, 2.05) is 12.3 Å². The van der Waals surface area contributed by atoms with Crippen molar-refractivity contribution < 1.29 is 8.42 Å². The van der Waals surface area contributed by atoms with Gasteiger partial charge in [0, 0.05) is 11.4 Å². The molecule has 0 saturated heterocycles. The van der Waals surface area contributed by atoms with E-state index < -0.39 is 10.0 Å². The lowest BCUT2D eigenvalue weighted by molar-refractivity contribution is 0.574. The Labute approximate surface area is 120 Å². The molecule has 0 saturated carbocycles. The average Bonchev–Trinajstić information content (AvgIpc) is 2.83. The van der Waals surface area contributed by atoms with Gasteiger partial charge in [0.1, 0.15) is 0 Å². The fourth-order valence-corrected chi connectivity index (χ4v) is 3.90. The van der Waals surface area contributed by atoms with Crippen molar-refractivity contribution in [3.05, 3.63) is 21.9 Å². The largest absolute Gasteiger partial charge is 0.317 e. The number of sulfonamides is 1. The van der Waals surface area contributed by atoms with E-state index in [1.54, 1.807) is 11.3 Å². The summed E-state index contributed by atoms with van der Waals surface area (Å²) in [6, 6.07) is 2.06. The van der Waals surface area contributed by atoms with Crippen molar-refractivity contribution in [2.75, 3.05) is 18.8 Å². The zero-order valence-electron chi connectivity index (χ0n) is 11.7. The van der Waals surface area contributed by atoms with Crippen LogP contribution >= 0.6 is 11.3 Å². The lowest BCUT2D eigenvalue weighted by atomic mass is 10.2. The Morgan fingerprint density at radius 3 is 2.74 bits per heavy atom. The first-order valence-corrected chi connectivity index (χ1v) is 9.35. The molecule has 1 aromatic heterocycles.